The number of aliphatic hydroxyl groups excluding tert-OH is 1. The zero-order valence-corrected chi connectivity index (χ0v) is 8.99. The molecule has 1 aliphatic rings. The van der Waals surface area contributed by atoms with Crippen LogP contribution >= 0.6 is 0 Å². The van der Waals surface area contributed by atoms with Crippen molar-refractivity contribution in [3.8, 4) is 0 Å². The first-order valence-corrected chi connectivity index (χ1v) is 4.69. The van der Waals surface area contributed by atoms with Crippen molar-refractivity contribution in [3.05, 3.63) is 36.1 Å². The number of hydrogen-bond donors (Lipinski definition) is 1. The molecule has 0 fully saturated rings. The van der Waals surface area contributed by atoms with Crippen molar-refractivity contribution in [2.24, 2.45) is 10.4 Å². The summed E-state index contributed by atoms with van der Waals surface area (Å²) in [7, 11) is 0. The summed E-state index contributed by atoms with van der Waals surface area (Å²) < 4.78 is 0. The van der Waals surface area contributed by atoms with Gasteiger partial charge in [0.15, 0.2) is 0 Å². The van der Waals surface area contributed by atoms with Crippen LogP contribution < -0.4 is 0 Å². The monoisotopic (exact) mass is 191 g/mol. The molecule has 2 atom stereocenters. The van der Waals surface area contributed by atoms with E-state index in [0.29, 0.717) is 0 Å². The smallest absolute Gasteiger partial charge is 0.0882 e. The van der Waals surface area contributed by atoms with E-state index in [1.54, 1.807) is 12.4 Å². The summed E-state index contributed by atoms with van der Waals surface area (Å²) in [6, 6.07) is 0. The highest BCUT2D eigenvalue weighted by molar-refractivity contribution is 5.71. The molecule has 0 radical (unpaired) electrons. The molecule has 0 saturated heterocycles. The fourth-order valence-corrected chi connectivity index (χ4v) is 1.41. The highest BCUT2D eigenvalue weighted by atomic mass is 16.3. The first-order valence-electron chi connectivity index (χ1n) is 4.69. The molecular weight excluding hydrogens is 174 g/mol. The van der Waals surface area contributed by atoms with Crippen molar-refractivity contribution in [2.45, 2.75) is 26.9 Å². The molecule has 0 aromatic heterocycles. The van der Waals surface area contributed by atoms with Gasteiger partial charge in [-0.3, -0.25) is 4.99 Å². The maximum Gasteiger partial charge on any atom is 0.0882 e. The van der Waals surface area contributed by atoms with Crippen LogP contribution in [-0.2, 0) is 0 Å². The lowest BCUT2D eigenvalue weighted by Gasteiger charge is -2.27. The van der Waals surface area contributed by atoms with Crippen LogP contribution in [0.2, 0.25) is 0 Å². The Bertz CT molecular complexity index is 325. The van der Waals surface area contributed by atoms with E-state index in [-0.39, 0.29) is 0 Å². The number of hydrogen-bond acceptors (Lipinski definition) is 2. The Morgan fingerprint density at radius 1 is 1.64 bits per heavy atom. The number of rotatable bonds is 2. The predicted molar refractivity (Wildman–Crippen MR) is 60.3 cm³/mol. The van der Waals surface area contributed by atoms with Crippen molar-refractivity contribution < 1.29 is 5.11 Å². The highest BCUT2D eigenvalue weighted by Crippen LogP contribution is 2.27. The van der Waals surface area contributed by atoms with E-state index >= 15 is 0 Å². The average Bonchev–Trinajstić information content (AvgIpc) is 2.28. The largest absolute Gasteiger partial charge is 0.387 e. The van der Waals surface area contributed by atoms with Gasteiger partial charge in [0.2, 0.25) is 0 Å². The van der Waals surface area contributed by atoms with E-state index < -0.39 is 11.5 Å². The highest BCUT2D eigenvalue weighted by Gasteiger charge is 2.29. The van der Waals surface area contributed by atoms with Crippen molar-refractivity contribution in [1.82, 2.24) is 0 Å². The van der Waals surface area contributed by atoms with Crippen LogP contribution in [0.3, 0.4) is 0 Å². The van der Waals surface area contributed by atoms with Crippen molar-refractivity contribution in [2.75, 3.05) is 0 Å². The molecule has 14 heavy (non-hydrogen) atoms. The molecule has 1 unspecified atom stereocenters. The van der Waals surface area contributed by atoms with Gasteiger partial charge in [0.25, 0.3) is 0 Å². The first kappa shape index (κ1) is 10.9. The Kier molecular flexibility index (Phi) is 3.06. The third-order valence-electron chi connectivity index (χ3n) is 2.39. The van der Waals surface area contributed by atoms with Gasteiger partial charge in [-0.15, -0.1) is 0 Å². The third kappa shape index (κ3) is 2.20. The quantitative estimate of drug-likeness (QED) is 0.668. The molecule has 1 rings (SSSR count). The molecule has 0 aromatic carbocycles. The molecule has 0 amide bonds. The summed E-state index contributed by atoms with van der Waals surface area (Å²) in [6.07, 6.45) is 6.90. The molecular formula is C12H17NO. The Morgan fingerprint density at radius 3 is 2.86 bits per heavy atom. The van der Waals surface area contributed by atoms with Gasteiger partial charge in [-0.2, -0.15) is 0 Å². The lowest BCUT2D eigenvalue weighted by atomic mass is 9.82. The second kappa shape index (κ2) is 3.93. The Balaban J connectivity index is 2.98. The van der Waals surface area contributed by atoms with Crippen molar-refractivity contribution >= 4 is 6.21 Å². The molecule has 2 heteroatoms. The SMILES string of the molecule is C=C(C)C(O)[C@@]1(C)C=CC(C)=CN=C1. The Hall–Kier alpha value is -1.15. The van der Waals surface area contributed by atoms with Crippen LogP contribution in [0.15, 0.2) is 41.1 Å². The predicted octanol–water partition coefficient (Wildman–Crippen LogP) is 2.47. The normalized spacial score (nSPS) is 28.1. The molecule has 0 aromatic rings. The zero-order chi connectivity index (χ0) is 10.8. The van der Waals surface area contributed by atoms with Crippen LogP contribution in [0, 0.1) is 5.41 Å². The summed E-state index contributed by atoms with van der Waals surface area (Å²) in [4.78, 5) is 4.16. The molecule has 0 spiro atoms. The van der Waals surface area contributed by atoms with Gasteiger partial charge in [0.05, 0.1) is 11.5 Å². The molecule has 0 saturated carbocycles. The van der Waals surface area contributed by atoms with Crippen LogP contribution in [0.5, 0.6) is 0 Å². The topological polar surface area (TPSA) is 32.6 Å². The molecule has 76 valence electrons. The van der Waals surface area contributed by atoms with E-state index in [4.69, 9.17) is 0 Å². The molecule has 1 N–H and O–H groups in total. The second-order valence-corrected chi connectivity index (χ2v) is 4.10. The van der Waals surface area contributed by atoms with Crippen molar-refractivity contribution in [1.29, 1.82) is 0 Å². The fourth-order valence-electron chi connectivity index (χ4n) is 1.41. The molecule has 1 heterocycles. The maximum absolute atomic E-state index is 9.96. The van der Waals surface area contributed by atoms with Gasteiger partial charge in [-0.1, -0.05) is 24.3 Å². The number of allylic oxidation sites excluding steroid dienone is 2. The minimum Gasteiger partial charge on any atom is -0.387 e. The molecule has 1 aliphatic heterocycles. The molecule has 0 bridgehead atoms. The summed E-state index contributed by atoms with van der Waals surface area (Å²) in [6.45, 7) is 9.51. The fraction of sp³-hybridized carbons (Fsp3) is 0.417. The van der Waals surface area contributed by atoms with Gasteiger partial charge in [-0.05, 0) is 26.3 Å². The maximum atomic E-state index is 9.96. The van der Waals surface area contributed by atoms with E-state index in [9.17, 15) is 5.11 Å². The minimum absolute atomic E-state index is 0.444. The summed E-state index contributed by atoms with van der Waals surface area (Å²) in [5, 5.41) is 9.96. The number of aliphatic imine (C=N–C) groups is 1. The molecule has 0 aliphatic carbocycles. The van der Waals surface area contributed by atoms with Gasteiger partial charge in [0.1, 0.15) is 0 Å². The van der Waals surface area contributed by atoms with E-state index in [2.05, 4.69) is 11.6 Å². The van der Waals surface area contributed by atoms with E-state index in [0.717, 1.165) is 11.1 Å². The Morgan fingerprint density at radius 2 is 2.29 bits per heavy atom. The van der Waals surface area contributed by atoms with Gasteiger partial charge in [0, 0.05) is 12.4 Å². The lowest BCUT2D eigenvalue weighted by Crippen LogP contribution is -2.32. The lowest BCUT2D eigenvalue weighted by molar-refractivity contribution is 0.147. The van der Waals surface area contributed by atoms with Gasteiger partial charge < -0.3 is 5.11 Å². The first-order chi connectivity index (χ1) is 6.46. The summed E-state index contributed by atoms with van der Waals surface area (Å²) in [5.74, 6) is 0. The Labute approximate surface area is 85.4 Å². The molecule has 2 nitrogen and oxygen atoms in total. The zero-order valence-electron chi connectivity index (χ0n) is 8.99. The summed E-state index contributed by atoms with van der Waals surface area (Å²) >= 11 is 0. The average molecular weight is 191 g/mol. The van der Waals surface area contributed by atoms with Crippen LogP contribution in [0.4, 0.5) is 0 Å². The second-order valence-electron chi connectivity index (χ2n) is 4.10. The van der Waals surface area contributed by atoms with Crippen LogP contribution in [0.1, 0.15) is 20.8 Å². The van der Waals surface area contributed by atoms with E-state index in [1.807, 2.05) is 32.9 Å². The number of nitrogens with zero attached hydrogens (tertiary/aromatic N) is 1. The van der Waals surface area contributed by atoms with Gasteiger partial charge in [-0.25, -0.2) is 0 Å². The standard InChI is InChI=1S/C12H17NO/c1-9(2)11(14)12(4)6-5-10(3)7-13-8-12/h5-8,11,14H,1H2,2-4H3/t11?,12-/m0/s1. The van der Waals surface area contributed by atoms with Crippen LogP contribution in [0.25, 0.3) is 0 Å². The third-order valence-corrected chi connectivity index (χ3v) is 2.39. The minimum atomic E-state index is -0.582. The van der Waals surface area contributed by atoms with E-state index in [1.165, 1.54) is 0 Å². The van der Waals surface area contributed by atoms with Crippen LogP contribution in [-0.4, -0.2) is 17.4 Å². The van der Waals surface area contributed by atoms with Crippen molar-refractivity contribution in [3.63, 3.8) is 0 Å². The van der Waals surface area contributed by atoms with Gasteiger partial charge >= 0.3 is 0 Å². The number of aliphatic hydroxyl groups is 1. The summed E-state index contributed by atoms with van der Waals surface area (Å²) in [5.41, 5.74) is 1.39.